The Morgan fingerprint density at radius 2 is 2.06 bits per heavy atom. The van der Waals surface area contributed by atoms with E-state index in [-0.39, 0.29) is 11.4 Å². The largest absolute Gasteiger partial charge is 0.444 e. The molecule has 0 bridgehead atoms. The molecule has 0 saturated heterocycles. The quantitative estimate of drug-likeness (QED) is 0.483. The van der Waals surface area contributed by atoms with Crippen molar-refractivity contribution in [2.75, 3.05) is 5.32 Å². The van der Waals surface area contributed by atoms with E-state index in [1.54, 1.807) is 20.8 Å². The molecule has 0 unspecified atom stereocenters. The number of ether oxygens (including phenoxy) is 1. The minimum Gasteiger partial charge on any atom is -0.444 e. The zero-order valence-corrected chi connectivity index (χ0v) is 11.2. The summed E-state index contributed by atoms with van der Waals surface area (Å²) in [5, 5.41) is 18.7. The van der Waals surface area contributed by atoms with Crippen LogP contribution in [0.1, 0.15) is 26.3 Å². The molecule has 0 aliphatic carbocycles. The van der Waals surface area contributed by atoms with Gasteiger partial charge in [0.2, 0.25) is 5.12 Å². The number of hydrogen-bond acceptors (Lipinski definition) is 6. The smallest absolute Gasteiger partial charge is 0.413 e. The average Bonchev–Trinajstić information content (AvgIpc) is 2.13. The lowest BCUT2D eigenvalue weighted by atomic mass is 10.2. The molecule has 1 amide bonds. The third-order valence-corrected chi connectivity index (χ3v) is 2.03. The van der Waals surface area contributed by atoms with Gasteiger partial charge >= 0.3 is 6.09 Å². The molecule has 0 aliphatic heterocycles. The van der Waals surface area contributed by atoms with Crippen LogP contribution in [0.2, 0.25) is 0 Å². The Bertz CT molecular complexity index is 437. The Hall–Kier alpha value is -1.31. The van der Waals surface area contributed by atoms with Gasteiger partial charge in [0.15, 0.2) is 0 Å². The first-order valence-corrected chi connectivity index (χ1v) is 5.66. The summed E-state index contributed by atoms with van der Waals surface area (Å²) >= 11 is 3.59. The number of anilines is 1. The van der Waals surface area contributed by atoms with Crippen molar-refractivity contribution in [3.8, 4) is 0 Å². The van der Waals surface area contributed by atoms with E-state index >= 15 is 0 Å². The van der Waals surface area contributed by atoms with Gasteiger partial charge in [-0.2, -0.15) is 0 Å². The molecule has 0 aromatic carbocycles. The third-order valence-electron chi connectivity index (χ3n) is 1.78. The predicted octanol–water partition coefficient (Wildman–Crippen LogP) is 1.45. The van der Waals surface area contributed by atoms with Gasteiger partial charge in [-0.25, -0.2) is 9.78 Å². The van der Waals surface area contributed by atoms with Crippen molar-refractivity contribution in [1.82, 2.24) is 4.98 Å². The van der Waals surface area contributed by atoms with E-state index in [4.69, 9.17) is 4.74 Å². The van der Waals surface area contributed by atoms with E-state index in [9.17, 15) is 15.0 Å². The molecule has 0 aliphatic rings. The monoisotopic (exact) mass is 272 g/mol. The molecule has 1 rings (SSSR count). The number of thiol groups is 1. The summed E-state index contributed by atoms with van der Waals surface area (Å²) in [7, 11) is 0. The molecule has 7 heteroatoms. The molecule has 18 heavy (non-hydrogen) atoms. The molecule has 3 N–H and O–H groups in total. The maximum absolute atomic E-state index is 11.5. The number of nitrogens with one attached hydrogen (secondary N) is 1. The van der Waals surface area contributed by atoms with E-state index in [0.717, 1.165) is 0 Å². The van der Waals surface area contributed by atoms with E-state index in [0.29, 0.717) is 0 Å². The molecule has 100 valence electrons. The first-order valence-electron chi connectivity index (χ1n) is 5.21. The molecule has 1 aromatic heterocycles. The van der Waals surface area contributed by atoms with Crippen LogP contribution >= 0.6 is 12.6 Å². The molecule has 0 atom stereocenters. The Kier molecular flexibility index (Phi) is 4.20. The molecule has 6 nitrogen and oxygen atoms in total. The SMILES string of the molecule is CC(C)(C)OC(=O)Nc1cc(C(O)(O)S)ccn1. The molecular formula is C11H16N2O4S. The average molecular weight is 272 g/mol. The van der Waals surface area contributed by atoms with Crippen molar-refractivity contribution >= 4 is 24.5 Å². The highest BCUT2D eigenvalue weighted by Crippen LogP contribution is 2.23. The highest BCUT2D eigenvalue weighted by Gasteiger charge is 2.21. The summed E-state index contributed by atoms with van der Waals surface area (Å²) in [6.45, 7) is 5.20. The van der Waals surface area contributed by atoms with Crippen LogP contribution in [-0.2, 0) is 9.86 Å². The van der Waals surface area contributed by atoms with Gasteiger partial charge in [-0.15, -0.1) is 12.6 Å². The zero-order valence-electron chi connectivity index (χ0n) is 10.3. The number of nitrogens with zero attached hydrogens (tertiary/aromatic N) is 1. The van der Waals surface area contributed by atoms with Gasteiger partial charge < -0.3 is 14.9 Å². The molecule has 0 spiro atoms. The van der Waals surface area contributed by atoms with Gasteiger partial charge in [0.1, 0.15) is 11.4 Å². The molecule has 1 aromatic rings. The highest BCUT2D eigenvalue weighted by molar-refractivity contribution is 7.80. The van der Waals surface area contributed by atoms with Crippen LogP contribution in [0.15, 0.2) is 18.3 Å². The van der Waals surface area contributed by atoms with Crippen molar-refractivity contribution in [3.63, 3.8) is 0 Å². The lowest BCUT2D eigenvalue weighted by molar-refractivity contribution is -0.0795. The number of aliphatic hydroxyl groups is 2. The first kappa shape index (κ1) is 14.7. The van der Waals surface area contributed by atoms with E-state index < -0.39 is 16.8 Å². The Balaban J connectivity index is 2.77. The van der Waals surface area contributed by atoms with Crippen LogP contribution in [0, 0.1) is 0 Å². The first-order chi connectivity index (χ1) is 8.08. The van der Waals surface area contributed by atoms with Crippen LogP contribution in [-0.4, -0.2) is 26.9 Å². The summed E-state index contributed by atoms with van der Waals surface area (Å²) < 4.78 is 5.03. The number of hydrogen-bond donors (Lipinski definition) is 4. The van der Waals surface area contributed by atoms with Crippen molar-refractivity contribution < 1.29 is 19.7 Å². The van der Waals surface area contributed by atoms with E-state index in [1.807, 2.05) is 0 Å². The summed E-state index contributed by atoms with van der Waals surface area (Å²) in [5.74, 6) is 0.142. The molecule has 0 saturated carbocycles. The second kappa shape index (κ2) is 5.13. The molecule has 0 radical (unpaired) electrons. The second-order valence-electron chi connectivity index (χ2n) is 4.69. The van der Waals surface area contributed by atoms with Gasteiger partial charge in [0.05, 0.1) is 0 Å². The van der Waals surface area contributed by atoms with Gasteiger partial charge in [-0.1, -0.05) is 0 Å². The van der Waals surface area contributed by atoms with Crippen molar-refractivity contribution in [3.05, 3.63) is 23.9 Å². The zero-order chi connectivity index (χ0) is 14.0. The highest BCUT2D eigenvalue weighted by atomic mass is 32.1. The number of carbonyl (C=O) groups excluding carboxylic acids is 1. The third kappa shape index (κ3) is 4.91. The number of rotatable bonds is 2. The van der Waals surface area contributed by atoms with Crippen molar-refractivity contribution in [2.45, 2.75) is 31.5 Å². The Morgan fingerprint density at radius 3 is 2.56 bits per heavy atom. The summed E-state index contributed by atoms with van der Waals surface area (Å²) in [4.78, 5) is 15.3. The van der Waals surface area contributed by atoms with Crippen LogP contribution in [0.4, 0.5) is 10.6 Å². The van der Waals surface area contributed by atoms with Crippen molar-refractivity contribution in [1.29, 1.82) is 0 Å². The Labute approximate surface area is 110 Å². The minimum absolute atomic E-state index is 0.0897. The fourth-order valence-electron chi connectivity index (χ4n) is 1.12. The Morgan fingerprint density at radius 1 is 1.44 bits per heavy atom. The number of amides is 1. The molecular weight excluding hydrogens is 256 g/mol. The minimum atomic E-state index is -2.28. The van der Waals surface area contributed by atoms with Gasteiger partial charge in [-0.3, -0.25) is 5.32 Å². The lowest BCUT2D eigenvalue weighted by Gasteiger charge is -2.20. The fourth-order valence-corrected chi connectivity index (χ4v) is 1.25. The lowest BCUT2D eigenvalue weighted by Crippen LogP contribution is -2.27. The maximum Gasteiger partial charge on any atom is 0.413 e. The molecule has 1 heterocycles. The van der Waals surface area contributed by atoms with Crippen LogP contribution in [0.3, 0.4) is 0 Å². The predicted molar refractivity (Wildman–Crippen MR) is 69.2 cm³/mol. The van der Waals surface area contributed by atoms with Crippen LogP contribution in [0.25, 0.3) is 0 Å². The summed E-state index contributed by atoms with van der Waals surface area (Å²) in [5.41, 5.74) is -0.532. The van der Waals surface area contributed by atoms with Gasteiger partial charge in [0, 0.05) is 11.8 Å². The second-order valence-corrected chi connectivity index (χ2v) is 5.32. The van der Waals surface area contributed by atoms with Crippen molar-refractivity contribution in [2.24, 2.45) is 0 Å². The maximum atomic E-state index is 11.5. The number of pyridine rings is 1. The molecule has 0 fully saturated rings. The number of carbonyl (C=O) groups is 1. The topological polar surface area (TPSA) is 91.7 Å². The van der Waals surface area contributed by atoms with E-state index in [1.165, 1.54) is 18.3 Å². The van der Waals surface area contributed by atoms with Crippen LogP contribution < -0.4 is 5.32 Å². The number of aromatic nitrogens is 1. The standard InChI is InChI=1S/C11H16N2O4S/c1-10(2,3)17-9(14)13-8-6-7(4-5-12-8)11(15,16)18/h4-6,15-16,18H,1-3H3,(H,12,13,14). The normalized spacial score (nSPS) is 12.1. The fraction of sp³-hybridized carbons (Fsp3) is 0.455. The summed E-state index contributed by atoms with van der Waals surface area (Å²) in [6, 6.07) is 2.66. The van der Waals surface area contributed by atoms with Gasteiger partial charge in [-0.05, 0) is 32.9 Å². The van der Waals surface area contributed by atoms with Gasteiger partial charge in [0.25, 0.3) is 0 Å². The van der Waals surface area contributed by atoms with E-state index in [2.05, 4.69) is 22.9 Å². The van der Waals surface area contributed by atoms with Crippen LogP contribution in [0.5, 0.6) is 0 Å². The summed E-state index contributed by atoms with van der Waals surface area (Å²) in [6.07, 6.45) is 0.646.